The fourth-order valence-electron chi connectivity index (χ4n) is 3.76. The predicted octanol–water partition coefficient (Wildman–Crippen LogP) is 4.62. The highest BCUT2D eigenvalue weighted by Gasteiger charge is 2.30. The number of allylic oxidation sites excluding steroid dienone is 1. The molecule has 152 valence electrons. The van der Waals surface area contributed by atoms with Crippen molar-refractivity contribution in [2.24, 2.45) is 5.10 Å². The molecule has 0 unspecified atom stereocenters. The smallest absolute Gasteiger partial charge is 0.271 e. The number of rotatable bonds is 5. The number of hydrazone groups is 1. The maximum Gasteiger partial charge on any atom is 0.271 e. The van der Waals surface area contributed by atoms with Gasteiger partial charge in [-0.2, -0.15) is 5.10 Å². The van der Waals surface area contributed by atoms with E-state index in [0.29, 0.717) is 16.9 Å². The van der Waals surface area contributed by atoms with Gasteiger partial charge in [0.15, 0.2) is 0 Å². The molecule has 0 saturated carbocycles. The van der Waals surface area contributed by atoms with Crippen molar-refractivity contribution >= 4 is 23.4 Å². The number of likely N-dealkylation sites (N-methyl/N-ethyl adjacent to an activating group) is 1. The van der Waals surface area contributed by atoms with Gasteiger partial charge < -0.3 is 9.64 Å². The molecule has 0 atom stereocenters. The van der Waals surface area contributed by atoms with E-state index in [4.69, 9.17) is 4.74 Å². The Labute approximate surface area is 170 Å². The number of nitrogens with zero attached hydrogens (tertiary/aromatic N) is 2. The van der Waals surface area contributed by atoms with Gasteiger partial charge in [-0.25, -0.2) is 9.82 Å². The van der Waals surface area contributed by atoms with Gasteiger partial charge in [0.2, 0.25) is 0 Å². The molecule has 2 aromatic rings. The van der Waals surface area contributed by atoms with Gasteiger partial charge in [0, 0.05) is 28.9 Å². The Morgan fingerprint density at radius 1 is 1.28 bits per heavy atom. The van der Waals surface area contributed by atoms with Gasteiger partial charge in [-0.1, -0.05) is 6.08 Å². The fraction of sp³-hybridized carbons (Fsp3) is 0.304. The van der Waals surface area contributed by atoms with Crippen LogP contribution in [0.1, 0.15) is 49.2 Å². The molecule has 1 heterocycles. The van der Waals surface area contributed by atoms with Crippen LogP contribution in [0.3, 0.4) is 0 Å². The van der Waals surface area contributed by atoms with Gasteiger partial charge in [-0.3, -0.25) is 4.79 Å². The van der Waals surface area contributed by atoms with E-state index in [-0.39, 0.29) is 17.3 Å². The monoisotopic (exact) mass is 395 g/mol. The highest BCUT2D eigenvalue weighted by Crippen LogP contribution is 2.39. The molecule has 29 heavy (non-hydrogen) atoms. The van der Waals surface area contributed by atoms with Crippen LogP contribution in [0.4, 0.5) is 10.1 Å². The number of fused-ring (bicyclic) bond motifs is 1. The second-order valence-corrected chi connectivity index (χ2v) is 7.54. The summed E-state index contributed by atoms with van der Waals surface area (Å²) in [5.41, 5.74) is 5.94. The minimum atomic E-state index is -0.379. The molecule has 0 aliphatic carbocycles. The Morgan fingerprint density at radius 3 is 2.59 bits per heavy atom. The van der Waals surface area contributed by atoms with Crippen molar-refractivity contribution in [2.45, 2.75) is 33.2 Å². The summed E-state index contributed by atoms with van der Waals surface area (Å²) in [6.07, 6.45) is 3.52. The predicted molar refractivity (Wildman–Crippen MR) is 115 cm³/mol. The Bertz CT molecular complexity index is 978. The minimum Gasteiger partial charge on any atom is -0.497 e. The molecule has 0 saturated heterocycles. The zero-order chi connectivity index (χ0) is 21.2. The van der Waals surface area contributed by atoms with E-state index in [1.807, 2.05) is 6.92 Å². The van der Waals surface area contributed by atoms with Crippen molar-refractivity contribution in [3.63, 3.8) is 0 Å². The molecule has 5 nitrogen and oxygen atoms in total. The van der Waals surface area contributed by atoms with Gasteiger partial charge in [0.1, 0.15) is 11.6 Å². The van der Waals surface area contributed by atoms with Gasteiger partial charge >= 0.3 is 0 Å². The number of amides is 1. The summed E-state index contributed by atoms with van der Waals surface area (Å²) in [5, 5.41) is 3.93. The maximum absolute atomic E-state index is 14.7. The van der Waals surface area contributed by atoms with Crippen LogP contribution in [-0.2, 0) is 0 Å². The number of methoxy groups -OCH3 is 1. The van der Waals surface area contributed by atoms with Crippen LogP contribution in [0, 0.1) is 5.82 Å². The summed E-state index contributed by atoms with van der Waals surface area (Å²) in [6, 6.07) is 9.98. The minimum absolute atomic E-state index is 0.180. The van der Waals surface area contributed by atoms with Crippen molar-refractivity contribution in [3.8, 4) is 5.75 Å². The summed E-state index contributed by atoms with van der Waals surface area (Å²) >= 11 is 0. The van der Waals surface area contributed by atoms with Gasteiger partial charge in [-0.15, -0.1) is 0 Å². The number of nitrogens with one attached hydrogen (secondary N) is 1. The van der Waals surface area contributed by atoms with E-state index in [1.54, 1.807) is 43.5 Å². The summed E-state index contributed by atoms with van der Waals surface area (Å²) in [7, 11) is 1.56. The first kappa shape index (κ1) is 20.6. The second kappa shape index (κ2) is 8.07. The quantitative estimate of drug-likeness (QED) is 0.594. The molecule has 0 radical (unpaired) electrons. The molecule has 0 bridgehead atoms. The van der Waals surface area contributed by atoms with Crippen LogP contribution >= 0.6 is 0 Å². The number of carbonyl (C=O) groups excluding carboxylic acids is 1. The van der Waals surface area contributed by atoms with Crippen molar-refractivity contribution in [3.05, 3.63) is 65.0 Å². The largest absolute Gasteiger partial charge is 0.497 e. The number of hydrogen-bond acceptors (Lipinski definition) is 4. The zero-order valence-electron chi connectivity index (χ0n) is 17.4. The van der Waals surface area contributed by atoms with E-state index in [1.165, 1.54) is 6.21 Å². The number of ether oxygens (including phenoxy) is 1. The second-order valence-electron chi connectivity index (χ2n) is 7.54. The maximum atomic E-state index is 14.7. The highest BCUT2D eigenvalue weighted by molar-refractivity contribution is 5.95. The lowest BCUT2D eigenvalue weighted by Crippen LogP contribution is -2.45. The Hall–Kier alpha value is -3.15. The standard InChI is InChI=1S/C23H26FN3O2/c1-6-27-21-12-20(24)17(11-19(21)15(2)13-23(27,3)4)14-25-26-22(28)16-7-9-18(29-5)10-8-16/h7-14H,6H2,1-5H3,(H,26,28)/b25-14-. The molecule has 3 rings (SSSR count). The number of anilines is 1. The van der Waals surface area contributed by atoms with Crippen molar-refractivity contribution in [1.82, 2.24) is 5.43 Å². The number of benzene rings is 2. The summed E-state index contributed by atoms with van der Waals surface area (Å²) in [6.45, 7) is 9.09. The zero-order valence-corrected chi connectivity index (χ0v) is 17.4. The molecule has 1 aliphatic rings. The van der Waals surface area contributed by atoms with Crippen molar-refractivity contribution < 1.29 is 13.9 Å². The molecule has 0 fully saturated rings. The first-order valence-electron chi connectivity index (χ1n) is 9.55. The first-order chi connectivity index (χ1) is 13.8. The van der Waals surface area contributed by atoms with Gasteiger partial charge in [-0.05, 0) is 69.7 Å². The Morgan fingerprint density at radius 2 is 1.97 bits per heavy atom. The number of carbonyl (C=O) groups is 1. The third kappa shape index (κ3) is 4.16. The van der Waals surface area contributed by atoms with Crippen LogP contribution in [0.25, 0.3) is 5.57 Å². The Balaban J connectivity index is 1.81. The first-order valence-corrected chi connectivity index (χ1v) is 9.55. The molecule has 1 aliphatic heterocycles. The van der Waals surface area contributed by atoms with E-state index >= 15 is 0 Å². The molecular formula is C23H26FN3O2. The molecule has 1 amide bonds. The highest BCUT2D eigenvalue weighted by atomic mass is 19.1. The van der Waals surface area contributed by atoms with Gasteiger partial charge in [0.05, 0.1) is 18.9 Å². The number of hydrogen-bond donors (Lipinski definition) is 1. The van der Waals surface area contributed by atoms with E-state index in [9.17, 15) is 9.18 Å². The lowest BCUT2D eigenvalue weighted by molar-refractivity contribution is 0.0955. The Kier molecular flexibility index (Phi) is 5.73. The fourth-order valence-corrected chi connectivity index (χ4v) is 3.76. The SMILES string of the molecule is CCN1c2cc(F)c(/C=N\NC(=O)c3ccc(OC)cc3)cc2C(C)=CC1(C)C. The van der Waals surface area contributed by atoms with E-state index < -0.39 is 0 Å². The molecule has 0 spiro atoms. The molecule has 6 heteroatoms. The lowest BCUT2D eigenvalue weighted by Gasteiger charge is -2.42. The molecule has 0 aromatic heterocycles. The molecular weight excluding hydrogens is 369 g/mol. The number of halogens is 1. The lowest BCUT2D eigenvalue weighted by atomic mass is 9.88. The van der Waals surface area contributed by atoms with E-state index in [0.717, 1.165) is 23.4 Å². The third-order valence-electron chi connectivity index (χ3n) is 5.13. The molecule has 2 aromatic carbocycles. The molecule has 1 N–H and O–H groups in total. The van der Waals surface area contributed by atoms with Crippen LogP contribution in [0.2, 0.25) is 0 Å². The van der Waals surface area contributed by atoms with Crippen LogP contribution in [0.5, 0.6) is 5.75 Å². The van der Waals surface area contributed by atoms with Crippen LogP contribution < -0.4 is 15.1 Å². The topological polar surface area (TPSA) is 53.9 Å². The van der Waals surface area contributed by atoms with Crippen LogP contribution in [0.15, 0.2) is 47.6 Å². The average molecular weight is 395 g/mol. The summed E-state index contributed by atoms with van der Waals surface area (Å²) < 4.78 is 19.8. The van der Waals surface area contributed by atoms with Crippen LogP contribution in [-0.4, -0.2) is 31.3 Å². The van der Waals surface area contributed by atoms with Crippen molar-refractivity contribution in [1.29, 1.82) is 0 Å². The average Bonchev–Trinajstić information content (AvgIpc) is 2.68. The summed E-state index contributed by atoms with van der Waals surface area (Å²) in [4.78, 5) is 14.4. The van der Waals surface area contributed by atoms with E-state index in [2.05, 4.69) is 42.3 Å². The van der Waals surface area contributed by atoms with Crippen molar-refractivity contribution in [2.75, 3.05) is 18.6 Å². The summed E-state index contributed by atoms with van der Waals surface area (Å²) in [5.74, 6) is -0.0960. The van der Waals surface area contributed by atoms with Gasteiger partial charge in [0.25, 0.3) is 5.91 Å². The normalized spacial score (nSPS) is 15.1. The third-order valence-corrected chi connectivity index (χ3v) is 5.13.